The summed E-state index contributed by atoms with van der Waals surface area (Å²) in [4.78, 5) is 46.8. The van der Waals surface area contributed by atoms with Crippen molar-refractivity contribution < 1.29 is 67.7 Å². The summed E-state index contributed by atoms with van der Waals surface area (Å²) in [6.45, 7) is 1.58. The first-order valence-corrected chi connectivity index (χ1v) is 10.8. The quantitative estimate of drug-likeness (QED) is 0.180. The second-order valence-corrected chi connectivity index (χ2v) is 7.83. The number of methoxy groups -OCH3 is 2. The number of esters is 4. The van der Waals surface area contributed by atoms with Gasteiger partial charge in [-0.3, -0.25) is 14.4 Å². The van der Waals surface area contributed by atoms with Crippen LogP contribution in [-0.4, -0.2) is 104 Å². The minimum Gasteiger partial charge on any atom is -0.469 e. The van der Waals surface area contributed by atoms with Crippen LogP contribution in [-0.2, 0) is 52.3 Å². The lowest BCUT2D eigenvalue weighted by Gasteiger charge is -2.42. The van der Waals surface area contributed by atoms with Crippen LogP contribution in [0, 0.1) is 5.92 Å². The van der Waals surface area contributed by atoms with Crippen LogP contribution in [0.25, 0.3) is 0 Å². The fraction of sp³-hybridized carbons (Fsp3) is 0.636. The van der Waals surface area contributed by atoms with Crippen molar-refractivity contribution in [1.82, 2.24) is 0 Å². The molecule has 0 aromatic carbocycles. The maximum atomic E-state index is 12.3. The number of carbonyl (C=O) groups is 4. The Hall–Kier alpha value is -3.04. The summed E-state index contributed by atoms with van der Waals surface area (Å²) < 4.78 is 35.9. The van der Waals surface area contributed by atoms with E-state index in [1.807, 2.05) is 0 Å². The van der Waals surface area contributed by atoms with Gasteiger partial charge in [0.05, 0.1) is 32.5 Å². The van der Waals surface area contributed by atoms with Crippen LogP contribution in [0.2, 0.25) is 0 Å². The normalized spacial score (nSPS) is 31.0. The first kappa shape index (κ1) is 29.2. The highest BCUT2D eigenvalue weighted by Crippen LogP contribution is 2.36. The fourth-order valence-electron chi connectivity index (χ4n) is 3.52. The Balaban J connectivity index is 2.38. The predicted molar refractivity (Wildman–Crippen MR) is 114 cm³/mol. The van der Waals surface area contributed by atoms with E-state index in [1.165, 1.54) is 13.0 Å². The zero-order valence-corrected chi connectivity index (χ0v) is 20.1. The molecule has 2 aliphatic rings. The molecule has 14 nitrogen and oxygen atoms in total. The van der Waals surface area contributed by atoms with Gasteiger partial charge in [-0.05, 0) is 6.08 Å². The molecule has 2 aliphatic heterocycles. The average Bonchev–Trinajstić information content (AvgIpc) is 2.84. The monoisotopic (exact) mass is 518 g/mol. The van der Waals surface area contributed by atoms with E-state index in [4.69, 9.17) is 33.2 Å². The lowest BCUT2D eigenvalue weighted by Crippen LogP contribution is -2.60. The molecule has 0 saturated carbocycles. The van der Waals surface area contributed by atoms with Crippen LogP contribution < -0.4 is 0 Å². The predicted octanol–water partition coefficient (Wildman–Crippen LogP) is -1.54. The van der Waals surface area contributed by atoms with E-state index >= 15 is 0 Å². The Labute approximate surface area is 206 Å². The van der Waals surface area contributed by atoms with E-state index in [1.54, 1.807) is 0 Å². The molecule has 1 saturated heterocycles. The molecule has 3 N–H and O–H groups in total. The van der Waals surface area contributed by atoms with Gasteiger partial charge in [0, 0.05) is 25.3 Å². The molecule has 36 heavy (non-hydrogen) atoms. The Morgan fingerprint density at radius 3 is 2.22 bits per heavy atom. The second-order valence-electron chi connectivity index (χ2n) is 7.83. The Bertz CT molecular complexity index is 880. The third-order valence-electron chi connectivity index (χ3n) is 5.37. The molecule has 0 spiro atoms. The first-order valence-electron chi connectivity index (χ1n) is 10.8. The summed E-state index contributed by atoms with van der Waals surface area (Å²) in [5.41, 5.74) is 0.0580. The number of hydrogen-bond acceptors (Lipinski definition) is 14. The van der Waals surface area contributed by atoms with Crippen molar-refractivity contribution in [3.05, 3.63) is 23.5 Å². The molecule has 2 rings (SSSR count). The number of ether oxygens (including phenoxy) is 7. The summed E-state index contributed by atoms with van der Waals surface area (Å²) in [5.74, 6) is -3.78. The molecule has 1 fully saturated rings. The van der Waals surface area contributed by atoms with Crippen LogP contribution >= 0.6 is 0 Å². The fourth-order valence-corrected chi connectivity index (χ4v) is 3.52. The topological polar surface area (TPSA) is 194 Å². The molecule has 202 valence electrons. The van der Waals surface area contributed by atoms with E-state index in [0.717, 1.165) is 27.4 Å². The van der Waals surface area contributed by atoms with Crippen LogP contribution in [0.15, 0.2) is 23.5 Å². The van der Waals surface area contributed by atoms with Crippen molar-refractivity contribution in [3.63, 3.8) is 0 Å². The van der Waals surface area contributed by atoms with Crippen LogP contribution in [0.5, 0.6) is 0 Å². The third-order valence-corrected chi connectivity index (χ3v) is 5.37. The van der Waals surface area contributed by atoms with Gasteiger partial charge < -0.3 is 48.5 Å². The molecule has 0 aliphatic carbocycles. The molecule has 14 heteroatoms. The maximum Gasteiger partial charge on any atom is 0.337 e. The van der Waals surface area contributed by atoms with Crippen molar-refractivity contribution in [3.8, 4) is 0 Å². The van der Waals surface area contributed by atoms with Crippen LogP contribution in [0.3, 0.4) is 0 Å². The first-order chi connectivity index (χ1) is 17.0. The number of hydrogen-bond donors (Lipinski definition) is 3. The third kappa shape index (κ3) is 7.48. The Kier molecular flexibility index (Phi) is 10.8. The van der Waals surface area contributed by atoms with E-state index in [-0.39, 0.29) is 24.2 Å². The van der Waals surface area contributed by atoms with Gasteiger partial charge in [-0.1, -0.05) is 0 Å². The van der Waals surface area contributed by atoms with E-state index < -0.39 is 73.4 Å². The van der Waals surface area contributed by atoms with Crippen molar-refractivity contribution in [2.45, 2.75) is 57.3 Å². The van der Waals surface area contributed by atoms with Gasteiger partial charge in [-0.2, -0.15) is 0 Å². The van der Waals surface area contributed by atoms with Gasteiger partial charge in [0.25, 0.3) is 0 Å². The maximum absolute atomic E-state index is 12.3. The minimum atomic E-state index is -1.77. The number of aliphatic hydroxyl groups is 3. The average molecular weight is 518 g/mol. The lowest BCUT2D eigenvalue weighted by molar-refractivity contribution is -0.328. The molecular weight excluding hydrogens is 488 g/mol. The molecule has 0 amide bonds. The molecule has 0 aromatic heterocycles. The molecule has 2 heterocycles. The number of rotatable bonds is 9. The van der Waals surface area contributed by atoms with Crippen molar-refractivity contribution in [2.75, 3.05) is 27.4 Å². The van der Waals surface area contributed by atoms with E-state index in [2.05, 4.69) is 0 Å². The van der Waals surface area contributed by atoms with Gasteiger partial charge >= 0.3 is 23.9 Å². The molecular formula is C22H30O14. The highest BCUT2D eigenvalue weighted by molar-refractivity contribution is 5.90. The molecule has 0 bridgehead atoms. The standard InChI is InChI=1S/C22H30O14/c1-10(23)32-6-5-12-13(7-16(25)30-3)14(20(29)31-4)8-34-21(12)36-22-19(28)18(27)17(26)15(35-22)9-33-11(2)24/h5,8,13,15,17-19,21-22,26-28H,6-7,9H2,1-4H3/b12-5+/t13-,15+,17+,18-,19+,21-,22-/m0/s1. The van der Waals surface area contributed by atoms with Crippen molar-refractivity contribution in [2.24, 2.45) is 5.92 Å². The lowest BCUT2D eigenvalue weighted by atomic mass is 9.86. The Morgan fingerprint density at radius 1 is 0.972 bits per heavy atom. The van der Waals surface area contributed by atoms with Crippen molar-refractivity contribution >= 4 is 23.9 Å². The van der Waals surface area contributed by atoms with E-state index in [9.17, 15) is 34.5 Å². The molecule has 0 radical (unpaired) electrons. The van der Waals surface area contributed by atoms with Gasteiger partial charge in [-0.15, -0.1) is 0 Å². The van der Waals surface area contributed by atoms with Crippen LogP contribution in [0.4, 0.5) is 0 Å². The van der Waals surface area contributed by atoms with Crippen molar-refractivity contribution in [1.29, 1.82) is 0 Å². The molecule has 7 atom stereocenters. The highest BCUT2D eigenvalue weighted by Gasteiger charge is 2.47. The summed E-state index contributed by atoms with van der Waals surface area (Å²) in [5, 5.41) is 30.8. The zero-order valence-electron chi connectivity index (χ0n) is 20.1. The summed E-state index contributed by atoms with van der Waals surface area (Å²) >= 11 is 0. The molecule has 0 aromatic rings. The van der Waals surface area contributed by atoms with Gasteiger partial charge in [0.2, 0.25) is 6.29 Å². The number of aliphatic hydroxyl groups excluding tert-OH is 3. The number of carbonyl (C=O) groups excluding carboxylic acids is 4. The summed E-state index contributed by atoms with van der Waals surface area (Å²) in [6.07, 6.45) is -7.42. The summed E-state index contributed by atoms with van der Waals surface area (Å²) in [6, 6.07) is 0. The van der Waals surface area contributed by atoms with Gasteiger partial charge in [0.15, 0.2) is 6.29 Å². The second kappa shape index (κ2) is 13.3. The summed E-state index contributed by atoms with van der Waals surface area (Å²) in [7, 11) is 2.28. The zero-order chi connectivity index (χ0) is 27.0. The van der Waals surface area contributed by atoms with Gasteiger partial charge in [0.1, 0.15) is 37.6 Å². The minimum absolute atomic E-state index is 0.0647. The van der Waals surface area contributed by atoms with Crippen LogP contribution in [0.1, 0.15) is 20.3 Å². The Morgan fingerprint density at radius 2 is 1.64 bits per heavy atom. The van der Waals surface area contributed by atoms with Gasteiger partial charge in [-0.25, -0.2) is 4.79 Å². The van der Waals surface area contributed by atoms with E-state index in [0.29, 0.717) is 0 Å². The SMILES string of the molecule is COC(=O)C[C@@H]1C(C(=O)OC)=CO[C@@H](O[C@@H]2O[C@H](COC(C)=O)[C@@H](O)[C@H](O)[C@H]2O)/C1=C/COC(C)=O. The molecule has 0 unspecified atom stereocenters. The smallest absolute Gasteiger partial charge is 0.337 e. The highest BCUT2D eigenvalue weighted by atomic mass is 16.8. The largest absolute Gasteiger partial charge is 0.469 e.